The zero-order chi connectivity index (χ0) is 17.9. The average molecular weight is 344 g/mol. The van der Waals surface area contributed by atoms with Crippen molar-refractivity contribution >= 4 is 11.6 Å². The molecule has 0 spiro atoms. The molecule has 1 heterocycles. The molecule has 1 aromatic heterocycles. The van der Waals surface area contributed by atoms with Crippen molar-refractivity contribution in [3.63, 3.8) is 0 Å². The molecule has 0 aliphatic rings. The minimum absolute atomic E-state index is 0.0175. The first kappa shape index (κ1) is 17.7. The molecule has 0 aliphatic heterocycles. The van der Waals surface area contributed by atoms with Crippen LogP contribution in [0.2, 0.25) is 0 Å². The number of aryl methyl sites for hydroxylation is 1. The molecule has 0 radical (unpaired) electrons. The molecule has 0 unspecified atom stereocenters. The van der Waals surface area contributed by atoms with E-state index in [2.05, 4.69) is 10.3 Å². The number of anilines is 1. The zero-order valence-corrected chi connectivity index (χ0v) is 12.9. The van der Waals surface area contributed by atoms with Crippen LogP contribution in [-0.2, 0) is 18.0 Å². The summed E-state index contributed by atoms with van der Waals surface area (Å²) in [6.45, 7) is 0.0175. The van der Waals surface area contributed by atoms with Gasteiger partial charge < -0.3 is 20.2 Å². The molecule has 0 saturated carbocycles. The molecule has 0 fully saturated rings. The number of nitro groups is 1. The lowest BCUT2D eigenvalue weighted by molar-refractivity contribution is -0.388. The van der Waals surface area contributed by atoms with Crippen molar-refractivity contribution in [2.45, 2.75) is 12.2 Å². The Bertz CT molecular complexity index is 730. The third-order valence-electron chi connectivity index (χ3n) is 3.35. The summed E-state index contributed by atoms with van der Waals surface area (Å²) >= 11 is 0. The van der Waals surface area contributed by atoms with Crippen molar-refractivity contribution in [2.75, 3.05) is 19.0 Å². The molecule has 0 saturated heterocycles. The largest absolute Gasteiger partial charge is 0.416 e. The lowest BCUT2D eigenvalue weighted by Crippen LogP contribution is -2.19. The fourth-order valence-corrected chi connectivity index (χ4v) is 2.20. The van der Waals surface area contributed by atoms with Crippen LogP contribution >= 0.6 is 0 Å². The minimum Gasteiger partial charge on any atom is -0.382 e. The molecule has 10 heteroatoms. The maximum absolute atomic E-state index is 12.9. The van der Waals surface area contributed by atoms with Crippen molar-refractivity contribution < 1.29 is 22.8 Å². The quantitative estimate of drug-likeness (QED) is 0.643. The monoisotopic (exact) mass is 344 g/mol. The second kappa shape index (κ2) is 6.87. The maximum Gasteiger partial charge on any atom is 0.416 e. The summed E-state index contributed by atoms with van der Waals surface area (Å²) in [7, 11) is 2.93. The number of nitrogens with zero attached hydrogens (tertiary/aromatic N) is 3. The number of halogens is 3. The SMILES string of the molecule is COC[C@H](Nc1c([N+](=O)[O-])ncn1C)c1cccc(C(F)(F)F)c1. The van der Waals surface area contributed by atoms with Crippen LogP contribution < -0.4 is 5.32 Å². The number of rotatable bonds is 6. The Balaban J connectivity index is 2.38. The molecule has 1 atom stereocenters. The van der Waals surface area contributed by atoms with Gasteiger partial charge in [-0.15, -0.1) is 0 Å². The van der Waals surface area contributed by atoms with Crippen LogP contribution in [0.15, 0.2) is 30.6 Å². The van der Waals surface area contributed by atoms with E-state index in [0.717, 1.165) is 12.1 Å². The third-order valence-corrected chi connectivity index (χ3v) is 3.35. The molecule has 2 aromatic rings. The highest BCUT2D eigenvalue weighted by atomic mass is 19.4. The standard InChI is InChI=1S/C14H15F3N4O3/c1-20-8-18-12(21(22)23)13(20)19-11(7-24-2)9-4-3-5-10(6-9)14(15,16)17/h3-6,8,11,19H,7H2,1-2H3/t11-/m0/s1. The number of ether oxygens (including phenoxy) is 1. The maximum atomic E-state index is 12.9. The number of hydrogen-bond donors (Lipinski definition) is 1. The first-order valence-corrected chi connectivity index (χ1v) is 6.82. The minimum atomic E-state index is -4.48. The van der Waals surface area contributed by atoms with Gasteiger partial charge in [-0.25, -0.2) is 0 Å². The highest BCUT2D eigenvalue weighted by molar-refractivity contribution is 5.53. The van der Waals surface area contributed by atoms with E-state index < -0.39 is 28.5 Å². The molecule has 0 aliphatic carbocycles. The lowest BCUT2D eigenvalue weighted by atomic mass is 10.0. The van der Waals surface area contributed by atoms with E-state index in [-0.39, 0.29) is 12.4 Å². The van der Waals surface area contributed by atoms with Gasteiger partial charge in [0.25, 0.3) is 0 Å². The van der Waals surface area contributed by atoms with Gasteiger partial charge in [0.15, 0.2) is 0 Å². The number of nitrogens with one attached hydrogen (secondary N) is 1. The summed E-state index contributed by atoms with van der Waals surface area (Å²) < 4.78 is 45.0. The average Bonchev–Trinajstić information content (AvgIpc) is 2.87. The van der Waals surface area contributed by atoms with Crippen molar-refractivity contribution in [2.24, 2.45) is 7.05 Å². The summed E-state index contributed by atoms with van der Waals surface area (Å²) in [5.74, 6) is -0.329. The van der Waals surface area contributed by atoms with E-state index >= 15 is 0 Å². The molecule has 7 nitrogen and oxygen atoms in total. The number of hydrogen-bond acceptors (Lipinski definition) is 5. The molecule has 1 aromatic carbocycles. The highest BCUT2D eigenvalue weighted by Gasteiger charge is 2.31. The van der Waals surface area contributed by atoms with Crippen LogP contribution in [0.5, 0.6) is 0 Å². The number of imidazole rings is 1. The van der Waals surface area contributed by atoms with Gasteiger partial charge in [-0.05, 0) is 27.6 Å². The summed E-state index contributed by atoms with van der Waals surface area (Å²) in [6, 6.07) is 4.00. The van der Waals surface area contributed by atoms with Crippen LogP contribution in [0.4, 0.5) is 24.8 Å². The van der Waals surface area contributed by atoms with Gasteiger partial charge in [0.1, 0.15) is 0 Å². The summed E-state index contributed by atoms with van der Waals surface area (Å²) in [5, 5.41) is 13.8. The Morgan fingerprint density at radius 3 is 2.75 bits per heavy atom. The molecular weight excluding hydrogens is 329 g/mol. The highest BCUT2D eigenvalue weighted by Crippen LogP contribution is 2.32. The van der Waals surface area contributed by atoms with Crippen LogP contribution in [0, 0.1) is 10.1 Å². The third kappa shape index (κ3) is 3.82. The van der Waals surface area contributed by atoms with E-state index in [9.17, 15) is 23.3 Å². The van der Waals surface area contributed by atoms with Gasteiger partial charge in [0.2, 0.25) is 12.1 Å². The van der Waals surface area contributed by atoms with Crippen molar-refractivity contribution in [1.82, 2.24) is 9.55 Å². The molecule has 2 rings (SSSR count). The number of methoxy groups -OCH3 is 1. The van der Waals surface area contributed by atoms with Crippen LogP contribution in [0.25, 0.3) is 0 Å². The summed E-state index contributed by atoms with van der Waals surface area (Å²) in [5.41, 5.74) is -0.510. The molecular formula is C14H15F3N4O3. The molecule has 0 bridgehead atoms. The van der Waals surface area contributed by atoms with Gasteiger partial charge in [-0.2, -0.15) is 13.2 Å². The van der Waals surface area contributed by atoms with E-state index in [1.807, 2.05) is 0 Å². The van der Waals surface area contributed by atoms with Crippen LogP contribution in [0.1, 0.15) is 17.2 Å². The summed E-state index contributed by atoms with van der Waals surface area (Å²) in [4.78, 5) is 14.0. The first-order valence-electron chi connectivity index (χ1n) is 6.82. The Hall–Kier alpha value is -2.62. The number of alkyl halides is 3. The van der Waals surface area contributed by atoms with Gasteiger partial charge in [0.05, 0.1) is 18.2 Å². The van der Waals surface area contributed by atoms with Crippen molar-refractivity contribution in [3.8, 4) is 0 Å². The van der Waals surface area contributed by atoms with Crippen LogP contribution in [0.3, 0.4) is 0 Å². The van der Waals surface area contributed by atoms with E-state index in [0.29, 0.717) is 5.56 Å². The fourth-order valence-electron chi connectivity index (χ4n) is 2.20. The second-order valence-corrected chi connectivity index (χ2v) is 5.06. The summed E-state index contributed by atoms with van der Waals surface area (Å²) in [6.07, 6.45) is -3.23. The van der Waals surface area contributed by atoms with Crippen LogP contribution in [-0.4, -0.2) is 28.2 Å². The number of aromatic nitrogens is 2. The van der Waals surface area contributed by atoms with Crippen molar-refractivity contribution in [3.05, 3.63) is 51.8 Å². The van der Waals surface area contributed by atoms with E-state index in [1.54, 1.807) is 7.05 Å². The molecule has 1 N–H and O–H groups in total. The molecule has 130 valence electrons. The lowest BCUT2D eigenvalue weighted by Gasteiger charge is -2.20. The Morgan fingerprint density at radius 1 is 1.46 bits per heavy atom. The second-order valence-electron chi connectivity index (χ2n) is 5.06. The smallest absolute Gasteiger partial charge is 0.382 e. The van der Waals surface area contributed by atoms with Gasteiger partial charge in [-0.1, -0.05) is 12.1 Å². The Labute approximate surface area is 135 Å². The molecule has 0 amide bonds. The normalized spacial score (nSPS) is 12.9. The predicted octanol–water partition coefficient (Wildman–Crippen LogP) is 3.15. The topological polar surface area (TPSA) is 82.2 Å². The van der Waals surface area contributed by atoms with Gasteiger partial charge in [0, 0.05) is 14.2 Å². The van der Waals surface area contributed by atoms with E-state index in [1.165, 1.54) is 30.1 Å². The molecule has 24 heavy (non-hydrogen) atoms. The fraction of sp³-hybridized carbons (Fsp3) is 0.357. The van der Waals surface area contributed by atoms with Gasteiger partial charge >= 0.3 is 12.0 Å². The first-order chi connectivity index (χ1) is 11.2. The Morgan fingerprint density at radius 2 is 2.17 bits per heavy atom. The Kier molecular flexibility index (Phi) is 5.07. The van der Waals surface area contributed by atoms with Gasteiger partial charge in [-0.3, -0.25) is 4.57 Å². The number of benzene rings is 1. The van der Waals surface area contributed by atoms with E-state index in [4.69, 9.17) is 4.74 Å². The predicted molar refractivity (Wildman–Crippen MR) is 79.5 cm³/mol. The van der Waals surface area contributed by atoms with Crippen molar-refractivity contribution in [1.29, 1.82) is 0 Å². The zero-order valence-electron chi connectivity index (χ0n) is 12.9.